The van der Waals surface area contributed by atoms with Gasteiger partial charge in [0.2, 0.25) is 18.6 Å². The molecular weight excluding hydrogens is 466 g/mol. The van der Waals surface area contributed by atoms with Crippen molar-refractivity contribution < 1.29 is 36.6 Å². The molecule has 2 atom stereocenters. The molecule has 0 aliphatic carbocycles. The van der Waals surface area contributed by atoms with E-state index in [0.717, 1.165) is 27.7 Å². The molecule has 3 aromatic rings. The lowest BCUT2D eigenvalue weighted by molar-refractivity contribution is -0.157. The van der Waals surface area contributed by atoms with Gasteiger partial charge in [-0.15, -0.1) is 0 Å². The molecule has 0 radical (unpaired) electrons. The van der Waals surface area contributed by atoms with Crippen molar-refractivity contribution in [1.82, 2.24) is 14.8 Å². The van der Waals surface area contributed by atoms with Crippen molar-refractivity contribution in [1.29, 1.82) is 0 Å². The molecule has 0 spiro atoms. The summed E-state index contributed by atoms with van der Waals surface area (Å²) in [5.74, 6) is 1.28. The van der Waals surface area contributed by atoms with E-state index in [1.807, 2.05) is 36.4 Å². The molecule has 3 N–H and O–H groups in total. The number of fused-ring (bicyclic) bond motifs is 5. The first-order valence-corrected chi connectivity index (χ1v) is 11.8. The highest BCUT2D eigenvalue weighted by Gasteiger charge is 2.47. The second kappa shape index (κ2) is 8.01. The number of aromatic nitrogens is 1. The van der Waals surface area contributed by atoms with Gasteiger partial charge in [-0.1, -0.05) is 24.3 Å². The number of amides is 2. The van der Waals surface area contributed by atoms with E-state index in [2.05, 4.69) is 11.1 Å². The number of H-pyrrole nitrogens is 1. The van der Waals surface area contributed by atoms with Crippen LogP contribution in [0.2, 0.25) is 0 Å². The number of aromatic amines is 1. The van der Waals surface area contributed by atoms with Gasteiger partial charge in [0.15, 0.2) is 11.5 Å². The zero-order chi connectivity index (χ0) is 24.2. The average molecular weight is 487 g/mol. The molecule has 0 saturated carbocycles. The van der Waals surface area contributed by atoms with Crippen LogP contribution in [0.3, 0.4) is 0 Å². The lowest BCUT2D eigenvalue weighted by Crippen LogP contribution is -2.62. The Kier molecular flexibility index (Phi) is 5.23. The Hall–Kier alpha value is -3.61. The van der Waals surface area contributed by atoms with Crippen LogP contribution in [0.15, 0.2) is 42.5 Å². The number of nitrogens with zero attached hydrogens (tertiary/aromatic N) is 2. The molecule has 2 aromatic carbocycles. The van der Waals surface area contributed by atoms with E-state index in [1.54, 1.807) is 11.9 Å². The van der Waals surface area contributed by atoms with Gasteiger partial charge in [0.05, 0.1) is 12.6 Å². The van der Waals surface area contributed by atoms with E-state index >= 15 is 0 Å². The zero-order valence-electron chi connectivity index (χ0n) is 18.0. The summed E-state index contributed by atoms with van der Waals surface area (Å²) in [7, 11) is -2.97. The van der Waals surface area contributed by atoms with Crippen LogP contribution in [0.1, 0.15) is 22.9 Å². The van der Waals surface area contributed by atoms with Crippen molar-refractivity contribution in [2.24, 2.45) is 0 Å². The van der Waals surface area contributed by atoms with Crippen molar-refractivity contribution in [2.45, 2.75) is 18.5 Å². The third-order valence-electron chi connectivity index (χ3n) is 6.17. The quantitative estimate of drug-likeness (QED) is 0.438. The topological polar surface area (TPSA) is 149 Å². The van der Waals surface area contributed by atoms with Gasteiger partial charge in [0.1, 0.15) is 6.04 Å². The standard InChI is InChI=1S/C22H19N3O4.H2O4S/c1-24-10-19(26)25-16(22(24)27)9-14-13-4-2-3-5-15(13)23-20(14)21(25)12-6-7-17-18(8-12)29-11-28-17;1-5(2,3)4/h2-8,16,21,23H,9-11H2,1H3;(H2,1,2,3,4)/t16-,21-;/m1./s1. The number of rotatable bonds is 1. The molecule has 6 rings (SSSR count). The van der Waals surface area contributed by atoms with Crippen molar-refractivity contribution in [3.8, 4) is 11.5 Å². The normalized spacial score (nSPS) is 21.1. The van der Waals surface area contributed by atoms with Crippen LogP contribution in [-0.4, -0.2) is 70.5 Å². The molecule has 11 nitrogen and oxygen atoms in total. The second-order valence-corrected chi connectivity index (χ2v) is 9.14. The Labute approximate surface area is 194 Å². The van der Waals surface area contributed by atoms with Gasteiger partial charge in [-0.05, 0) is 29.3 Å². The van der Waals surface area contributed by atoms with Crippen molar-refractivity contribution in [2.75, 3.05) is 20.4 Å². The first-order valence-electron chi connectivity index (χ1n) is 10.4. The predicted octanol–water partition coefficient (Wildman–Crippen LogP) is 1.56. The van der Waals surface area contributed by atoms with E-state index in [0.29, 0.717) is 17.9 Å². The average Bonchev–Trinajstić information content (AvgIpc) is 3.39. The van der Waals surface area contributed by atoms with Gasteiger partial charge in [0.25, 0.3) is 0 Å². The molecule has 12 heteroatoms. The van der Waals surface area contributed by atoms with E-state index in [-0.39, 0.29) is 31.2 Å². The third kappa shape index (κ3) is 3.85. The van der Waals surface area contributed by atoms with Gasteiger partial charge in [-0.25, -0.2) is 0 Å². The van der Waals surface area contributed by atoms with E-state index in [9.17, 15) is 9.59 Å². The smallest absolute Gasteiger partial charge is 0.394 e. The first kappa shape index (κ1) is 22.2. The van der Waals surface area contributed by atoms with Crippen LogP contribution in [0, 0.1) is 0 Å². The number of likely N-dealkylation sites (N-methyl/N-ethyl adjacent to an activating group) is 1. The number of carbonyl (C=O) groups excluding carboxylic acids is 2. The SMILES string of the molecule is CN1CC(=O)N2[C@H](c3ccc4c(c3)OCO4)c3[nH]c4ccccc4c3C[C@@H]2C1=O.O=S(=O)(O)O. The van der Waals surface area contributed by atoms with Crippen LogP contribution in [0.25, 0.3) is 10.9 Å². The fraction of sp³-hybridized carbons (Fsp3) is 0.273. The minimum absolute atomic E-state index is 0.0220. The van der Waals surface area contributed by atoms with Crippen molar-refractivity contribution >= 4 is 33.1 Å². The highest BCUT2D eigenvalue weighted by atomic mass is 32.3. The monoisotopic (exact) mass is 487 g/mol. The van der Waals surface area contributed by atoms with Crippen LogP contribution in [-0.2, 0) is 26.4 Å². The maximum absolute atomic E-state index is 13.1. The number of para-hydroxylation sites is 1. The molecule has 4 heterocycles. The minimum Gasteiger partial charge on any atom is -0.454 e. The van der Waals surface area contributed by atoms with Crippen molar-refractivity contribution in [3.05, 3.63) is 59.3 Å². The summed E-state index contributed by atoms with van der Waals surface area (Å²) in [6.07, 6.45) is 0.509. The van der Waals surface area contributed by atoms with Gasteiger partial charge in [-0.3, -0.25) is 18.7 Å². The fourth-order valence-corrected chi connectivity index (χ4v) is 4.84. The first-order chi connectivity index (χ1) is 16.1. The van der Waals surface area contributed by atoms with Gasteiger partial charge in [0, 0.05) is 30.1 Å². The molecule has 34 heavy (non-hydrogen) atoms. The molecule has 2 amide bonds. The molecule has 1 saturated heterocycles. The van der Waals surface area contributed by atoms with E-state index in [1.165, 1.54) is 4.90 Å². The Morgan fingerprint density at radius 3 is 2.53 bits per heavy atom. The largest absolute Gasteiger partial charge is 0.454 e. The Morgan fingerprint density at radius 1 is 1.06 bits per heavy atom. The van der Waals surface area contributed by atoms with Crippen LogP contribution in [0.4, 0.5) is 0 Å². The summed E-state index contributed by atoms with van der Waals surface area (Å²) in [6, 6.07) is 12.9. The van der Waals surface area contributed by atoms with Crippen LogP contribution < -0.4 is 9.47 Å². The molecule has 0 unspecified atom stereocenters. The Bertz CT molecular complexity index is 1410. The molecular formula is C22H21N3O8S. The highest BCUT2D eigenvalue weighted by Crippen LogP contribution is 2.44. The summed E-state index contributed by atoms with van der Waals surface area (Å²) in [4.78, 5) is 32.9. The molecule has 0 bridgehead atoms. The summed E-state index contributed by atoms with van der Waals surface area (Å²) in [5, 5.41) is 1.10. The summed E-state index contributed by atoms with van der Waals surface area (Å²) < 4.78 is 42.6. The maximum atomic E-state index is 13.1. The fourth-order valence-electron chi connectivity index (χ4n) is 4.84. The molecule has 3 aliphatic heterocycles. The lowest BCUT2D eigenvalue weighted by Gasteiger charge is -2.46. The van der Waals surface area contributed by atoms with Gasteiger partial charge in [-0.2, -0.15) is 8.42 Å². The number of ether oxygens (including phenoxy) is 2. The summed E-state index contributed by atoms with van der Waals surface area (Å²) in [5.41, 5.74) is 3.97. The predicted molar refractivity (Wildman–Crippen MR) is 119 cm³/mol. The Morgan fingerprint density at radius 2 is 1.76 bits per heavy atom. The highest BCUT2D eigenvalue weighted by molar-refractivity contribution is 7.79. The second-order valence-electron chi connectivity index (χ2n) is 8.24. The number of carbonyl (C=O) groups is 2. The molecule has 1 aromatic heterocycles. The third-order valence-corrected chi connectivity index (χ3v) is 6.17. The minimum atomic E-state index is -4.67. The van der Waals surface area contributed by atoms with Crippen molar-refractivity contribution in [3.63, 3.8) is 0 Å². The van der Waals surface area contributed by atoms with E-state index in [4.69, 9.17) is 27.0 Å². The number of hydrogen-bond donors (Lipinski definition) is 3. The molecule has 3 aliphatic rings. The number of benzene rings is 2. The van der Waals surface area contributed by atoms with Crippen LogP contribution >= 0.6 is 0 Å². The lowest BCUT2D eigenvalue weighted by atomic mass is 9.86. The summed E-state index contributed by atoms with van der Waals surface area (Å²) in [6.45, 7) is 0.279. The summed E-state index contributed by atoms with van der Waals surface area (Å²) >= 11 is 0. The molecule has 1 fully saturated rings. The van der Waals surface area contributed by atoms with Crippen LogP contribution in [0.5, 0.6) is 11.5 Å². The van der Waals surface area contributed by atoms with E-state index < -0.39 is 16.4 Å². The zero-order valence-corrected chi connectivity index (χ0v) is 18.8. The Balaban J connectivity index is 0.000000439. The number of piperazine rings is 1. The van der Waals surface area contributed by atoms with Gasteiger partial charge < -0.3 is 24.3 Å². The maximum Gasteiger partial charge on any atom is 0.394 e. The van der Waals surface area contributed by atoms with Gasteiger partial charge >= 0.3 is 10.4 Å². The molecule has 178 valence electrons. The number of nitrogens with one attached hydrogen (secondary N) is 1. The number of hydrogen-bond acceptors (Lipinski definition) is 6.